The molecule has 0 unspecified atom stereocenters. The van der Waals surface area contributed by atoms with Crippen molar-refractivity contribution in [2.75, 3.05) is 6.54 Å². The van der Waals surface area contributed by atoms with E-state index in [1.165, 1.54) is 6.07 Å². The summed E-state index contributed by atoms with van der Waals surface area (Å²) in [5.41, 5.74) is 2.26. The molecule has 2 heterocycles. The molecule has 1 N–H and O–H groups in total. The summed E-state index contributed by atoms with van der Waals surface area (Å²) in [7, 11) is 0. The Bertz CT molecular complexity index is 677. The molecule has 0 aliphatic carbocycles. The molecule has 2 aromatic heterocycles. The van der Waals surface area contributed by atoms with Crippen LogP contribution in [0, 0.1) is 20.8 Å². The molecule has 0 saturated carbocycles. The van der Waals surface area contributed by atoms with Gasteiger partial charge in [-0.15, -0.1) is 0 Å². The summed E-state index contributed by atoms with van der Waals surface area (Å²) in [5, 5.41) is 11.0. The number of amides is 1. The molecule has 2 aromatic rings. The van der Waals surface area contributed by atoms with Gasteiger partial charge in [0.25, 0.3) is 6.43 Å². The maximum absolute atomic E-state index is 12.8. The van der Waals surface area contributed by atoms with Crippen LogP contribution in [0.2, 0.25) is 0 Å². The molecule has 6 nitrogen and oxygen atoms in total. The summed E-state index contributed by atoms with van der Waals surface area (Å²) in [4.78, 5) is 11.8. The Labute approximate surface area is 133 Å². The van der Waals surface area contributed by atoms with Crippen molar-refractivity contribution in [3.05, 3.63) is 34.9 Å². The van der Waals surface area contributed by atoms with Crippen LogP contribution in [0.3, 0.4) is 0 Å². The zero-order valence-electron chi connectivity index (χ0n) is 13.5. The van der Waals surface area contributed by atoms with Gasteiger partial charge in [-0.25, -0.2) is 8.78 Å². The Hall–Kier alpha value is -2.25. The normalized spacial score (nSPS) is 11.2. The molecular weight excluding hydrogens is 304 g/mol. The fourth-order valence-corrected chi connectivity index (χ4v) is 2.42. The van der Waals surface area contributed by atoms with Gasteiger partial charge >= 0.3 is 0 Å². The van der Waals surface area contributed by atoms with Crippen molar-refractivity contribution in [2.45, 2.75) is 46.7 Å². The van der Waals surface area contributed by atoms with Crippen molar-refractivity contribution in [1.82, 2.24) is 24.9 Å². The van der Waals surface area contributed by atoms with E-state index in [1.807, 2.05) is 24.6 Å². The summed E-state index contributed by atoms with van der Waals surface area (Å²) in [6.07, 6.45) is -1.93. The first kappa shape index (κ1) is 17.1. The Balaban J connectivity index is 1.78. The van der Waals surface area contributed by atoms with Crippen LogP contribution in [0.4, 0.5) is 8.78 Å². The minimum absolute atomic E-state index is 0.201. The van der Waals surface area contributed by atoms with E-state index in [9.17, 15) is 13.6 Å². The highest BCUT2D eigenvalue weighted by atomic mass is 19.3. The summed E-state index contributed by atoms with van der Waals surface area (Å²) >= 11 is 0. The third kappa shape index (κ3) is 4.61. The summed E-state index contributed by atoms with van der Waals surface area (Å²) in [6, 6.07) is 3.28. The molecule has 0 aliphatic rings. The summed E-state index contributed by atoms with van der Waals surface area (Å²) < 4.78 is 28.6. The van der Waals surface area contributed by atoms with Crippen LogP contribution >= 0.6 is 0 Å². The highest BCUT2D eigenvalue weighted by Gasteiger charge is 2.17. The van der Waals surface area contributed by atoms with Crippen molar-refractivity contribution in [2.24, 2.45) is 0 Å². The van der Waals surface area contributed by atoms with Crippen LogP contribution in [-0.2, 0) is 17.9 Å². The van der Waals surface area contributed by atoms with E-state index < -0.39 is 6.43 Å². The number of rotatable bonds is 7. The zero-order valence-corrected chi connectivity index (χ0v) is 13.5. The highest BCUT2D eigenvalue weighted by Crippen LogP contribution is 2.19. The molecule has 0 saturated heterocycles. The first-order valence-corrected chi connectivity index (χ1v) is 7.47. The lowest BCUT2D eigenvalue weighted by Gasteiger charge is -2.08. The maximum Gasteiger partial charge on any atom is 0.280 e. The second-order valence-corrected chi connectivity index (χ2v) is 5.52. The summed E-state index contributed by atoms with van der Waals surface area (Å²) in [6.45, 7) is 6.48. The van der Waals surface area contributed by atoms with Gasteiger partial charge in [-0.05, 0) is 39.3 Å². The Kier molecular flexibility index (Phi) is 5.46. The number of aryl methyl sites for hydroxylation is 4. The molecule has 0 spiro atoms. The van der Waals surface area contributed by atoms with Crippen molar-refractivity contribution < 1.29 is 13.6 Å². The largest absolute Gasteiger partial charge is 0.354 e. The van der Waals surface area contributed by atoms with Gasteiger partial charge in [0.1, 0.15) is 12.2 Å². The van der Waals surface area contributed by atoms with E-state index in [2.05, 4.69) is 15.5 Å². The molecule has 0 fully saturated rings. The number of nitrogens with zero attached hydrogens (tertiary/aromatic N) is 4. The van der Waals surface area contributed by atoms with Gasteiger partial charge in [0.05, 0.1) is 11.4 Å². The molecule has 0 bridgehead atoms. The molecule has 2 rings (SSSR count). The van der Waals surface area contributed by atoms with Crippen LogP contribution in [0.1, 0.15) is 35.6 Å². The van der Waals surface area contributed by atoms with Gasteiger partial charge in [-0.2, -0.15) is 10.2 Å². The van der Waals surface area contributed by atoms with Crippen molar-refractivity contribution in [3.63, 3.8) is 0 Å². The van der Waals surface area contributed by atoms with Gasteiger partial charge in [0, 0.05) is 18.8 Å². The lowest BCUT2D eigenvalue weighted by atomic mass is 10.3. The Morgan fingerprint density at radius 2 is 1.83 bits per heavy atom. The second kappa shape index (κ2) is 7.34. The van der Waals surface area contributed by atoms with E-state index in [4.69, 9.17) is 0 Å². The average Bonchev–Trinajstić information content (AvgIpc) is 2.97. The highest BCUT2D eigenvalue weighted by molar-refractivity contribution is 5.75. The van der Waals surface area contributed by atoms with Crippen molar-refractivity contribution in [3.8, 4) is 0 Å². The SMILES string of the molecule is Cc1cc(C)n(CCCNC(=O)Cn2nc(C)cc2C(F)F)n1. The summed E-state index contributed by atoms with van der Waals surface area (Å²) in [5.74, 6) is -0.330. The first-order valence-electron chi connectivity index (χ1n) is 7.47. The van der Waals surface area contributed by atoms with E-state index in [-0.39, 0.29) is 18.1 Å². The van der Waals surface area contributed by atoms with Gasteiger partial charge < -0.3 is 5.32 Å². The first-order chi connectivity index (χ1) is 10.9. The lowest BCUT2D eigenvalue weighted by Crippen LogP contribution is -2.30. The lowest BCUT2D eigenvalue weighted by molar-refractivity contribution is -0.121. The van der Waals surface area contributed by atoms with Crippen LogP contribution in [0.25, 0.3) is 0 Å². The zero-order chi connectivity index (χ0) is 17.0. The van der Waals surface area contributed by atoms with Crippen molar-refractivity contribution in [1.29, 1.82) is 0 Å². The minimum Gasteiger partial charge on any atom is -0.354 e. The predicted octanol–water partition coefficient (Wildman–Crippen LogP) is 2.15. The van der Waals surface area contributed by atoms with E-state index in [0.717, 1.165) is 16.1 Å². The van der Waals surface area contributed by atoms with E-state index in [0.29, 0.717) is 25.2 Å². The number of carbonyl (C=O) groups excluding carboxylic acids is 1. The number of halogens is 2. The van der Waals surface area contributed by atoms with E-state index in [1.54, 1.807) is 6.92 Å². The van der Waals surface area contributed by atoms with E-state index >= 15 is 0 Å². The third-order valence-corrected chi connectivity index (χ3v) is 3.42. The molecule has 126 valence electrons. The molecule has 1 amide bonds. The maximum atomic E-state index is 12.8. The van der Waals surface area contributed by atoms with Gasteiger partial charge in [0.2, 0.25) is 5.91 Å². The van der Waals surface area contributed by atoms with Crippen LogP contribution in [0.15, 0.2) is 12.1 Å². The molecule has 0 atom stereocenters. The Morgan fingerprint density at radius 3 is 2.43 bits per heavy atom. The third-order valence-electron chi connectivity index (χ3n) is 3.42. The molecule has 0 radical (unpaired) electrons. The average molecular weight is 325 g/mol. The van der Waals surface area contributed by atoms with Gasteiger partial charge in [0.15, 0.2) is 0 Å². The fourth-order valence-electron chi connectivity index (χ4n) is 2.42. The molecular formula is C15H21F2N5O. The van der Waals surface area contributed by atoms with Crippen LogP contribution < -0.4 is 5.32 Å². The molecule has 8 heteroatoms. The monoisotopic (exact) mass is 325 g/mol. The second-order valence-electron chi connectivity index (χ2n) is 5.52. The number of hydrogen-bond acceptors (Lipinski definition) is 3. The topological polar surface area (TPSA) is 64.7 Å². The predicted molar refractivity (Wildman–Crippen MR) is 81.2 cm³/mol. The molecule has 0 aliphatic heterocycles. The van der Waals surface area contributed by atoms with Crippen LogP contribution in [-0.4, -0.2) is 32.0 Å². The fraction of sp³-hybridized carbons (Fsp3) is 0.533. The minimum atomic E-state index is -2.64. The smallest absolute Gasteiger partial charge is 0.280 e. The quantitative estimate of drug-likeness (QED) is 0.793. The van der Waals surface area contributed by atoms with Crippen LogP contribution in [0.5, 0.6) is 0 Å². The number of alkyl halides is 2. The molecule has 23 heavy (non-hydrogen) atoms. The number of aromatic nitrogens is 4. The number of nitrogens with one attached hydrogen (secondary N) is 1. The standard InChI is InChI=1S/C15H21F2N5O/c1-10-7-12(3)21(19-10)6-4-5-18-14(23)9-22-13(15(16)17)8-11(2)20-22/h7-8,15H,4-6,9H2,1-3H3,(H,18,23). The molecule has 0 aromatic carbocycles. The number of carbonyl (C=O) groups is 1. The van der Waals surface area contributed by atoms with Gasteiger partial charge in [-0.1, -0.05) is 0 Å². The van der Waals surface area contributed by atoms with Gasteiger partial charge in [-0.3, -0.25) is 14.2 Å². The van der Waals surface area contributed by atoms with Crippen molar-refractivity contribution >= 4 is 5.91 Å². The Morgan fingerprint density at radius 1 is 1.17 bits per heavy atom. The number of hydrogen-bond donors (Lipinski definition) is 1.